The second kappa shape index (κ2) is 12.0. The highest BCUT2D eigenvalue weighted by atomic mass is 19.4. The molecule has 4 N–H and O–H groups in total. The first-order chi connectivity index (χ1) is 15.1. The summed E-state index contributed by atoms with van der Waals surface area (Å²) in [4.78, 5) is 10.5. The first-order valence-electron chi connectivity index (χ1n) is 10.5. The maximum absolute atomic E-state index is 12.8. The van der Waals surface area contributed by atoms with Gasteiger partial charge in [-0.2, -0.15) is 13.2 Å². The second-order valence-electron chi connectivity index (χ2n) is 7.89. The molecule has 0 saturated heterocycles. The fourth-order valence-corrected chi connectivity index (χ4v) is 3.70. The molecule has 5 atom stereocenters. The van der Waals surface area contributed by atoms with Gasteiger partial charge in [-0.05, 0) is 43.4 Å². The molecule has 1 saturated carbocycles. The summed E-state index contributed by atoms with van der Waals surface area (Å²) >= 11 is 0. The van der Waals surface area contributed by atoms with E-state index in [1.165, 1.54) is 18.2 Å². The predicted molar refractivity (Wildman–Crippen MR) is 111 cm³/mol. The largest absolute Gasteiger partial charge is 0.491 e. The van der Waals surface area contributed by atoms with Crippen molar-refractivity contribution in [3.05, 3.63) is 54.1 Å². The number of hydrogen-bond acceptors (Lipinski definition) is 5. The Kier molecular flexibility index (Phi) is 9.74. The van der Waals surface area contributed by atoms with Gasteiger partial charge in [0.25, 0.3) is 0 Å². The van der Waals surface area contributed by atoms with Crippen LogP contribution >= 0.6 is 0 Å². The van der Waals surface area contributed by atoms with Crippen LogP contribution in [0.4, 0.5) is 13.2 Å². The third-order valence-corrected chi connectivity index (χ3v) is 5.39. The quantitative estimate of drug-likeness (QED) is 0.298. The van der Waals surface area contributed by atoms with Gasteiger partial charge in [0.05, 0.1) is 17.8 Å². The summed E-state index contributed by atoms with van der Waals surface area (Å²) in [5.41, 5.74) is -0.845. The number of unbranched alkanes of at least 4 members (excludes halogenated alkanes) is 1. The maximum atomic E-state index is 12.8. The van der Waals surface area contributed by atoms with E-state index < -0.39 is 41.9 Å². The van der Waals surface area contributed by atoms with Crippen LogP contribution in [0.2, 0.25) is 0 Å². The molecule has 178 valence electrons. The summed E-state index contributed by atoms with van der Waals surface area (Å²) in [6, 6.07) is 4.36. The lowest BCUT2D eigenvalue weighted by Crippen LogP contribution is -2.21. The van der Waals surface area contributed by atoms with Gasteiger partial charge in [0.15, 0.2) is 0 Å². The van der Waals surface area contributed by atoms with Crippen molar-refractivity contribution in [1.29, 1.82) is 0 Å². The van der Waals surface area contributed by atoms with Crippen LogP contribution in [-0.2, 0) is 11.0 Å². The molecule has 0 radical (unpaired) electrons. The molecule has 6 nitrogen and oxygen atoms in total. The van der Waals surface area contributed by atoms with Crippen LogP contribution in [0.1, 0.15) is 37.7 Å². The highest BCUT2D eigenvalue weighted by Gasteiger charge is 2.39. The van der Waals surface area contributed by atoms with Gasteiger partial charge in [0.2, 0.25) is 0 Å². The summed E-state index contributed by atoms with van der Waals surface area (Å²) in [6.07, 6.45) is 1.48. The zero-order valence-corrected chi connectivity index (χ0v) is 17.5. The van der Waals surface area contributed by atoms with Gasteiger partial charge < -0.3 is 25.2 Å². The number of alkyl halides is 3. The van der Waals surface area contributed by atoms with E-state index in [-0.39, 0.29) is 31.1 Å². The number of halogens is 3. The van der Waals surface area contributed by atoms with Crippen LogP contribution < -0.4 is 4.74 Å². The molecule has 1 fully saturated rings. The van der Waals surface area contributed by atoms with Crippen LogP contribution in [-0.4, -0.2) is 51.3 Å². The number of aliphatic hydroxyl groups excluding tert-OH is 3. The third kappa shape index (κ3) is 8.29. The van der Waals surface area contributed by atoms with Gasteiger partial charge in [0, 0.05) is 18.8 Å². The van der Waals surface area contributed by atoms with Gasteiger partial charge >= 0.3 is 12.1 Å². The second-order valence-corrected chi connectivity index (χ2v) is 7.89. The van der Waals surface area contributed by atoms with E-state index in [9.17, 15) is 33.3 Å². The number of benzene rings is 1. The Morgan fingerprint density at radius 2 is 1.97 bits per heavy atom. The summed E-state index contributed by atoms with van der Waals surface area (Å²) in [5.74, 6) is -1.55. The molecule has 1 aromatic carbocycles. The van der Waals surface area contributed by atoms with Crippen LogP contribution in [0, 0.1) is 11.8 Å². The first-order valence-corrected chi connectivity index (χ1v) is 10.5. The minimum atomic E-state index is -4.49. The molecule has 0 aromatic heterocycles. The Morgan fingerprint density at radius 3 is 2.66 bits per heavy atom. The number of aliphatic carboxylic acids is 1. The van der Waals surface area contributed by atoms with Gasteiger partial charge in [-0.25, -0.2) is 0 Å². The monoisotopic (exact) mass is 458 g/mol. The molecule has 1 aromatic rings. The van der Waals surface area contributed by atoms with Gasteiger partial charge in [-0.15, -0.1) is 0 Å². The average Bonchev–Trinajstić information content (AvgIpc) is 2.99. The zero-order valence-electron chi connectivity index (χ0n) is 17.5. The first kappa shape index (κ1) is 25.9. The number of allylic oxidation sites excluding steroid dienone is 2. The molecule has 2 rings (SSSR count). The highest BCUT2D eigenvalue weighted by molar-refractivity contribution is 5.66. The molecule has 0 amide bonds. The molecular weight excluding hydrogens is 429 g/mol. The molecule has 1 aliphatic carbocycles. The van der Waals surface area contributed by atoms with Crippen molar-refractivity contribution in [3.8, 4) is 5.75 Å². The summed E-state index contributed by atoms with van der Waals surface area (Å²) in [6.45, 7) is -0.267. The number of carboxylic acid groups (broad SMARTS) is 1. The topological polar surface area (TPSA) is 107 Å². The van der Waals surface area contributed by atoms with Crippen molar-refractivity contribution in [2.24, 2.45) is 11.8 Å². The van der Waals surface area contributed by atoms with E-state index in [0.29, 0.717) is 19.3 Å². The molecule has 0 aliphatic heterocycles. The molecule has 0 unspecified atom stereocenters. The maximum Gasteiger partial charge on any atom is 0.416 e. The van der Waals surface area contributed by atoms with E-state index in [4.69, 9.17) is 9.84 Å². The van der Waals surface area contributed by atoms with E-state index in [1.54, 1.807) is 6.08 Å². The van der Waals surface area contributed by atoms with Gasteiger partial charge in [0.1, 0.15) is 18.5 Å². The Morgan fingerprint density at radius 1 is 1.22 bits per heavy atom. The standard InChI is InChI=1S/C23H29F3O6/c24-23(25,26)15-6-5-7-17(12-15)32-14-16(27)10-11-19-18(20(28)13-21(19)29)8-3-1-2-4-9-22(30)31/h1,3,5-7,10-12,16,18-21,27-29H,2,4,8-9,13-14H2,(H,30,31)/b3-1-,11-10+/t16-,18-,19+,20+,21-/m1/s1. The van der Waals surface area contributed by atoms with E-state index >= 15 is 0 Å². The smallest absolute Gasteiger partial charge is 0.416 e. The summed E-state index contributed by atoms with van der Waals surface area (Å²) in [5, 5.41) is 39.2. The SMILES string of the molecule is O=C(O)CCC/C=C\C[C@@H]1[C@H](/C=C/[C@@H](O)COc2cccc(C(F)(F)F)c2)[C@H](O)C[C@@H]1O. The fourth-order valence-electron chi connectivity index (χ4n) is 3.70. The molecule has 32 heavy (non-hydrogen) atoms. The lowest BCUT2D eigenvalue weighted by atomic mass is 9.89. The molecule has 0 heterocycles. The lowest BCUT2D eigenvalue weighted by Gasteiger charge is -2.19. The zero-order chi connectivity index (χ0) is 23.7. The fraction of sp³-hybridized carbons (Fsp3) is 0.522. The number of carbonyl (C=O) groups is 1. The minimum Gasteiger partial charge on any atom is -0.491 e. The van der Waals surface area contributed by atoms with E-state index in [1.807, 2.05) is 12.2 Å². The van der Waals surface area contributed by atoms with Gasteiger partial charge in [-0.1, -0.05) is 30.4 Å². The third-order valence-electron chi connectivity index (χ3n) is 5.39. The Hall–Kier alpha value is -2.36. The number of rotatable bonds is 11. The Labute approximate surface area is 184 Å². The summed E-state index contributed by atoms with van der Waals surface area (Å²) in [7, 11) is 0. The van der Waals surface area contributed by atoms with Crippen molar-refractivity contribution in [2.75, 3.05) is 6.61 Å². The normalized spacial score (nSPS) is 24.9. The Bertz CT molecular complexity index is 792. The molecule has 0 bridgehead atoms. The number of ether oxygens (including phenoxy) is 1. The molecule has 9 heteroatoms. The lowest BCUT2D eigenvalue weighted by molar-refractivity contribution is -0.138. The van der Waals surface area contributed by atoms with Crippen LogP contribution in [0.5, 0.6) is 5.75 Å². The summed E-state index contributed by atoms with van der Waals surface area (Å²) < 4.78 is 43.5. The molecular formula is C23H29F3O6. The van der Waals surface area contributed by atoms with Crippen molar-refractivity contribution < 1.29 is 43.1 Å². The highest BCUT2D eigenvalue weighted by Crippen LogP contribution is 2.36. The van der Waals surface area contributed by atoms with Crippen molar-refractivity contribution in [3.63, 3.8) is 0 Å². The predicted octanol–water partition coefficient (Wildman–Crippen LogP) is 3.56. The molecule has 1 aliphatic rings. The van der Waals surface area contributed by atoms with E-state index in [0.717, 1.165) is 12.1 Å². The number of hydrogen-bond donors (Lipinski definition) is 4. The number of aliphatic hydroxyl groups is 3. The number of carboxylic acids is 1. The van der Waals surface area contributed by atoms with E-state index in [2.05, 4.69) is 0 Å². The van der Waals surface area contributed by atoms with Crippen molar-refractivity contribution in [2.45, 2.75) is 56.6 Å². The minimum absolute atomic E-state index is 0.0190. The van der Waals surface area contributed by atoms with Crippen molar-refractivity contribution in [1.82, 2.24) is 0 Å². The average molecular weight is 458 g/mol. The van der Waals surface area contributed by atoms with Crippen molar-refractivity contribution >= 4 is 5.97 Å². The molecule has 0 spiro atoms. The van der Waals surface area contributed by atoms with Crippen LogP contribution in [0.15, 0.2) is 48.6 Å². The Balaban J connectivity index is 1.87. The van der Waals surface area contributed by atoms with Crippen LogP contribution in [0.3, 0.4) is 0 Å². The van der Waals surface area contributed by atoms with Gasteiger partial charge in [-0.3, -0.25) is 4.79 Å². The van der Waals surface area contributed by atoms with Crippen LogP contribution in [0.25, 0.3) is 0 Å².